The molecular weight excluding hydrogens is 244 g/mol. The Labute approximate surface area is 113 Å². The van der Waals surface area contributed by atoms with Crippen molar-refractivity contribution in [2.75, 3.05) is 18.0 Å². The van der Waals surface area contributed by atoms with Crippen molar-refractivity contribution in [3.8, 4) is 0 Å². The van der Waals surface area contributed by atoms with Crippen molar-refractivity contribution in [3.63, 3.8) is 0 Å². The molecule has 19 heavy (non-hydrogen) atoms. The van der Waals surface area contributed by atoms with Crippen LogP contribution >= 0.6 is 0 Å². The molecule has 0 saturated carbocycles. The number of aliphatic carboxylic acids is 1. The standard InChI is InChI=1S/C14H20N2O3/c1-4-16(13-8-6-5-7-10(13)2)9-12(14(18)19)15-11(3)17/h5-8,12H,4,9H2,1-3H3,(H,15,17)(H,18,19). The van der Waals surface area contributed by atoms with Gasteiger partial charge >= 0.3 is 5.97 Å². The SMILES string of the molecule is CCN(CC(NC(C)=O)C(=O)O)c1ccccc1C. The third-order valence-corrected chi connectivity index (χ3v) is 2.92. The number of aryl methyl sites for hydroxylation is 1. The number of anilines is 1. The van der Waals surface area contributed by atoms with Gasteiger partial charge in [0.15, 0.2) is 0 Å². The Kier molecular flexibility index (Phi) is 5.36. The van der Waals surface area contributed by atoms with E-state index >= 15 is 0 Å². The molecule has 0 aliphatic rings. The summed E-state index contributed by atoms with van der Waals surface area (Å²) in [6.07, 6.45) is 0. The summed E-state index contributed by atoms with van der Waals surface area (Å²) in [5.74, 6) is -1.37. The van der Waals surface area contributed by atoms with Crippen molar-refractivity contribution in [3.05, 3.63) is 29.8 Å². The molecule has 5 heteroatoms. The summed E-state index contributed by atoms with van der Waals surface area (Å²) in [6, 6.07) is 6.88. The summed E-state index contributed by atoms with van der Waals surface area (Å²) in [5, 5.41) is 11.6. The number of likely N-dealkylation sites (N-methyl/N-ethyl adjacent to an activating group) is 1. The van der Waals surface area contributed by atoms with E-state index in [4.69, 9.17) is 5.11 Å². The van der Waals surface area contributed by atoms with Gasteiger partial charge in [-0.3, -0.25) is 4.79 Å². The topological polar surface area (TPSA) is 69.6 Å². The monoisotopic (exact) mass is 264 g/mol. The van der Waals surface area contributed by atoms with Gasteiger partial charge in [-0.1, -0.05) is 18.2 Å². The van der Waals surface area contributed by atoms with Gasteiger partial charge in [-0.15, -0.1) is 0 Å². The average Bonchev–Trinajstić information content (AvgIpc) is 2.35. The molecule has 1 aromatic rings. The molecule has 104 valence electrons. The average molecular weight is 264 g/mol. The normalized spacial score (nSPS) is 11.7. The van der Waals surface area contributed by atoms with E-state index in [0.29, 0.717) is 6.54 Å². The highest BCUT2D eigenvalue weighted by Gasteiger charge is 2.22. The van der Waals surface area contributed by atoms with E-state index in [1.54, 1.807) is 0 Å². The molecule has 1 rings (SSSR count). The number of para-hydroxylation sites is 1. The molecule has 5 nitrogen and oxygen atoms in total. The maximum Gasteiger partial charge on any atom is 0.328 e. The minimum absolute atomic E-state index is 0.246. The second-order valence-corrected chi connectivity index (χ2v) is 4.42. The van der Waals surface area contributed by atoms with Crippen LogP contribution in [0.4, 0.5) is 5.69 Å². The van der Waals surface area contributed by atoms with E-state index in [0.717, 1.165) is 11.3 Å². The Bertz CT molecular complexity index is 460. The first-order chi connectivity index (χ1) is 8.95. The van der Waals surface area contributed by atoms with Gasteiger partial charge in [-0.2, -0.15) is 0 Å². The van der Waals surface area contributed by atoms with Gasteiger partial charge < -0.3 is 15.3 Å². The van der Waals surface area contributed by atoms with Crippen molar-refractivity contribution in [1.29, 1.82) is 0 Å². The first kappa shape index (κ1) is 15.0. The Morgan fingerprint density at radius 3 is 2.47 bits per heavy atom. The molecule has 0 bridgehead atoms. The lowest BCUT2D eigenvalue weighted by Crippen LogP contribution is -2.48. The third kappa shape index (κ3) is 4.28. The molecule has 1 unspecified atom stereocenters. The highest BCUT2D eigenvalue weighted by molar-refractivity contribution is 5.82. The van der Waals surface area contributed by atoms with Gasteiger partial charge in [0, 0.05) is 25.7 Å². The highest BCUT2D eigenvalue weighted by Crippen LogP contribution is 2.19. The van der Waals surface area contributed by atoms with E-state index < -0.39 is 12.0 Å². The molecule has 0 radical (unpaired) electrons. The molecule has 0 heterocycles. The molecule has 1 aromatic carbocycles. The van der Waals surface area contributed by atoms with E-state index in [9.17, 15) is 9.59 Å². The van der Waals surface area contributed by atoms with Crippen LogP contribution < -0.4 is 10.2 Å². The Balaban J connectivity index is 2.88. The molecule has 0 saturated heterocycles. The first-order valence-corrected chi connectivity index (χ1v) is 6.26. The lowest BCUT2D eigenvalue weighted by molar-refractivity contribution is -0.141. The van der Waals surface area contributed by atoms with Crippen LogP contribution in [-0.2, 0) is 9.59 Å². The quantitative estimate of drug-likeness (QED) is 0.815. The fraction of sp³-hybridized carbons (Fsp3) is 0.429. The summed E-state index contributed by atoms with van der Waals surface area (Å²) >= 11 is 0. The number of nitrogens with zero attached hydrogens (tertiary/aromatic N) is 1. The minimum atomic E-state index is -1.03. The van der Waals surface area contributed by atoms with Crippen LogP contribution in [0.25, 0.3) is 0 Å². The molecule has 1 amide bonds. The molecule has 1 atom stereocenters. The number of hydrogen-bond acceptors (Lipinski definition) is 3. The predicted molar refractivity (Wildman–Crippen MR) is 74.3 cm³/mol. The second kappa shape index (κ2) is 6.78. The predicted octanol–water partition coefficient (Wildman–Crippen LogP) is 1.41. The number of benzene rings is 1. The zero-order valence-corrected chi connectivity index (χ0v) is 11.5. The Hall–Kier alpha value is -2.04. The van der Waals surface area contributed by atoms with Crippen molar-refractivity contribution in [2.45, 2.75) is 26.8 Å². The third-order valence-electron chi connectivity index (χ3n) is 2.92. The molecule has 0 aromatic heterocycles. The van der Waals surface area contributed by atoms with Crippen LogP contribution in [0, 0.1) is 6.92 Å². The van der Waals surface area contributed by atoms with Crippen molar-refractivity contribution in [2.24, 2.45) is 0 Å². The fourth-order valence-corrected chi connectivity index (χ4v) is 1.97. The fourth-order valence-electron chi connectivity index (χ4n) is 1.97. The van der Waals surface area contributed by atoms with Crippen molar-refractivity contribution < 1.29 is 14.7 Å². The number of hydrogen-bond donors (Lipinski definition) is 2. The summed E-state index contributed by atoms with van der Waals surface area (Å²) in [4.78, 5) is 24.1. The van der Waals surface area contributed by atoms with Crippen LogP contribution in [-0.4, -0.2) is 36.1 Å². The molecule has 2 N–H and O–H groups in total. The lowest BCUT2D eigenvalue weighted by Gasteiger charge is -2.28. The number of amides is 1. The van der Waals surface area contributed by atoms with Crippen LogP contribution in [0.2, 0.25) is 0 Å². The number of carboxylic acid groups (broad SMARTS) is 1. The van der Waals surface area contributed by atoms with Crippen molar-refractivity contribution in [1.82, 2.24) is 5.32 Å². The van der Waals surface area contributed by atoms with Gasteiger partial charge in [0.05, 0.1) is 0 Å². The van der Waals surface area contributed by atoms with Gasteiger partial charge in [0.2, 0.25) is 5.91 Å². The largest absolute Gasteiger partial charge is 0.480 e. The summed E-state index contributed by atoms with van der Waals surface area (Å²) in [7, 11) is 0. The van der Waals surface area contributed by atoms with E-state index in [-0.39, 0.29) is 12.5 Å². The molecule has 0 spiro atoms. The molecule has 0 fully saturated rings. The number of rotatable bonds is 6. The number of nitrogens with one attached hydrogen (secondary N) is 1. The first-order valence-electron chi connectivity index (χ1n) is 6.26. The molecular formula is C14H20N2O3. The maximum atomic E-state index is 11.2. The zero-order valence-electron chi connectivity index (χ0n) is 11.5. The number of carbonyl (C=O) groups excluding carboxylic acids is 1. The molecule has 0 aliphatic carbocycles. The van der Waals surface area contributed by atoms with Gasteiger partial charge in [-0.25, -0.2) is 4.79 Å². The Morgan fingerprint density at radius 1 is 1.37 bits per heavy atom. The van der Waals surface area contributed by atoms with E-state index in [2.05, 4.69) is 5.32 Å². The van der Waals surface area contributed by atoms with Crippen LogP contribution in [0.5, 0.6) is 0 Å². The number of carbonyl (C=O) groups is 2. The van der Waals surface area contributed by atoms with E-state index in [1.165, 1.54) is 6.92 Å². The van der Waals surface area contributed by atoms with E-state index in [1.807, 2.05) is 43.0 Å². The zero-order chi connectivity index (χ0) is 14.4. The summed E-state index contributed by atoms with van der Waals surface area (Å²) in [5.41, 5.74) is 2.07. The second-order valence-electron chi connectivity index (χ2n) is 4.42. The summed E-state index contributed by atoms with van der Waals surface area (Å²) in [6.45, 7) is 6.18. The smallest absolute Gasteiger partial charge is 0.328 e. The lowest BCUT2D eigenvalue weighted by atomic mass is 10.1. The highest BCUT2D eigenvalue weighted by atomic mass is 16.4. The maximum absolute atomic E-state index is 11.2. The van der Waals surface area contributed by atoms with Gasteiger partial charge in [-0.05, 0) is 25.5 Å². The molecule has 0 aliphatic heterocycles. The van der Waals surface area contributed by atoms with Crippen LogP contribution in [0.1, 0.15) is 19.4 Å². The van der Waals surface area contributed by atoms with Crippen LogP contribution in [0.3, 0.4) is 0 Å². The van der Waals surface area contributed by atoms with Gasteiger partial charge in [0.1, 0.15) is 6.04 Å². The Morgan fingerprint density at radius 2 is 2.00 bits per heavy atom. The number of carboxylic acids is 1. The van der Waals surface area contributed by atoms with Gasteiger partial charge in [0.25, 0.3) is 0 Å². The van der Waals surface area contributed by atoms with Crippen molar-refractivity contribution >= 4 is 17.6 Å². The minimum Gasteiger partial charge on any atom is -0.480 e. The van der Waals surface area contributed by atoms with Crippen LogP contribution in [0.15, 0.2) is 24.3 Å². The summed E-state index contributed by atoms with van der Waals surface area (Å²) < 4.78 is 0.